The molecule has 1 aromatic rings. The van der Waals surface area contributed by atoms with Gasteiger partial charge in [-0.15, -0.1) is 6.58 Å². The molecule has 0 heterocycles. The third kappa shape index (κ3) is 2.95. The van der Waals surface area contributed by atoms with E-state index in [1.807, 2.05) is 12.1 Å². The maximum Gasteiger partial charge on any atom is 0.0731 e. The highest BCUT2D eigenvalue weighted by Crippen LogP contribution is 2.11. The topological polar surface area (TPSA) is 9.23 Å². The molecule has 0 saturated heterocycles. The summed E-state index contributed by atoms with van der Waals surface area (Å²) in [5.41, 5.74) is 1.24. The van der Waals surface area contributed by atoms with Crippen LogP contribution in [0.15, 0.2) is 36.9 Å². The molecule has 0 bridgehead atoms. The molecule has 0 radical (unpaired) electrons. The summed E-state index contributed by atoms with van der Waals surface area (Å²) in [6, 6.07) is 8.20. The van der Waals surface area contributed by atoms with Crippen LogP contribution < -0.4 is 0 Å². The van der Waals surface area contributed by atoms with Gasteiger partial charge in [0, 0.05) is 3.57 Å². The van der Waals surface area contributed by atoms with Crippen LogP contribution in [0.25, 0.3) is 0 Å². The van der Waals surface area contributed by atoms with Crippen LogP contribution in [0.1, 0.15) is 5.56 Å². The standard InChI is InChI=1S/C10H11IO/c1-2-7-12-8-9-5-3-4-6-10(9)11/h2-6H,1,7-8H2. The summed E-state index contributed by atoms with van der Waals surface area (Å²) in [4.78, 5) is 0. The second-order valence-corrected chi connectivity index (χ2v) is 3.56. The zero-order chi connectivity index (χ0) is 8.81. The molecule has 0 spiro atoms. The van der Waals surface area contributed by atoms with E-state index in [-0.39, 0.29) is 0 Å². The van der Waals surface area contributed by atoms with Gasteiger partial charge >= 0.3 is 0 Å². The third-order valence-electron chi connectivity index (χ3n) is 1.45. The molecular formula is C10H11IO. The molecule has 0 N–H and O–H groups in total. The van der Waals surface area contributed by atoms with Gasteiger partial charge in [0.15, 0.2) is 0 Å². The van der Waals surface area contributed by atoms with Gasteiger partial charge in [-0.3, -0.25) is 0 Å². The van der Waals surface area contributed by atoms with Gasteiger partial charge in [0.05, 0.1) is 13.2 Å². The molecule has 0 unspecified atom stereocenters. The fourth-order valence-corrected chi connectivity index (χ4v) is 1.41. The number of hydrogen-bond acceptors (Lipinski definition) is 1. The first kappa shape index (κ1) is 9.74. The lowest BCUT2D eigenvalue weighted by atomic mass is 10.2. The quantitative estimate of drug-likeness (QED) is 0.466. The highest BCUT2D eigenvalue weighted by molar-refractivity contribution is 14.1. The molecule has 0 atom stereocenters. The molecule has 0 saturated carbocycles. The number of hydrogen-bond donors (Lipinski definition) is 0. The summed E-state index contributed by atoms with van der Waals surface area (Å²) >= 11 is 2.31. The van der Waals surface area contributed by atoms with Gasteiger partial charge in [0.2, 0.25) is 0 Å². The second kappa shape index (κ2) is 5.32. The van der Waals surface area contributed by atoms with Crippen molar-refractivity contribution < 1.29 is 4.74 Å². The molecule has 1 nitrogen and oxygen atoms in total. The minimum absolute atomic E-state index is 0.616. The van der Waals surface area contributed by atoms with Crippen molar-refractivity contribution in [2.24, 2.45) is 0 Å². The van der Waals surface area contributed by atoms with Crippen LogP contribution in [0, 0.1) is 3.57 Å². The summed E-state index contributed by atoms with van der Waals surface area (Å²) in [5.74, 6) is 0. The van der Waals surface area contributed by atoms with Crippen molar-refractivity contribution in [1.29, 1.82) is 0 Å². The average Bonchev–Trinajstić information content (AvgIpc) is 2.09. The maximum absolute atomic E-state index is 5.33. The first-order chi connectivity index (χ1) is 5.84. The lowest BCUT2D eigenvalue weighted by molar-refractivity contribution is 0.148. The van der Waals surface area contributed by atoms with Gasteiger partial charge in [-0.25, -0.2) is 0 Å². The molecule has 2 heteroatoms. The Balaban J connectivity index is 2.51. The Kier molecular flexibility index (Phi) is 4.32. The predicted octanol–water partition coefficient (Wildman–Crippen LogP) is 2.99. The van der Waals surface area contributed by atoms with Gasteiger partial charge < -0.3 is 4.74 Å². The van der Waals surface area contributed by atoms with E-state index in [1.165, 1.54) is 9.13 Å². The van der Waals surface area contributed by atoms with Crippen molar-refractivity contribution in [3.63, 3.8) is 0 Å². The Morgan fingerprint density at radius 3 is 2.83 bits per heavy atom. The summed E-state index contributed by atoms with van der Waals surface area (Å²) in [6.45, 7) is 4.88. The molecule has 1 rings (SSSR count). The van der Waals surface area contributed by atoms with E-state index in [0.29, 0.717) is 13.2 Å². The normalized spacial score (nSPS) is 9.75. The van der Waals surface area contributed by atoms with Crippen molar-refractivity contribution in [2.45, 2.75) is 6.61 Å². The molecule has 12 heavy (non-hydrogen) atoms. The SMILES string of the molecule is C=CCOCc1ccccc1I. The van der Waals surface area contributed by atoms with E-state index in [2.05, 4.69) is 41.3 Å². The Hall–Kier alpha value is -0.350. The first-order valence-electron chi connectivity index (χ1n) is 3.76. The second-order valence-electron chi connectivity index (χ2n) is 2.40. The third-order valence-corrected chi connectivity index (χ3v) is 2.50. The van der Waals surface area contributed by atoms with E-state index >= 15 is 0 Å². The minimum atomic E-state index is 0.616. The predicted molar refractivity (Wildman–Crippen MR) is 59.0 cm³/mol. The molecular weight excluding hydrogens is 263 g/mol. The van der Waals surface area contributed by atoms with Crippen molar-refractivity contribution in [3.8, 4) is 0 Å². The molecule has 0 amide bonds. The Morgan fingerprint density at radius 2 is 2.17 bits per heavy atom. The summed E-state index contributed by atoms with van der Waals surface area (Å²) in [6.07, 6.45) is 1.76. The summed E-state index contributed by atoms with van der Waals surface area (Å²) in [7, 11) is 0. The Labute approximate surface area is 86.6 Å². The van der Waals surface area contributed by atoms with Crippen LogP contribution >= 0.6 is 22.6 Å². The van der Waals surface area contributed by atoms with E-state index in [9.17, 15) is 0 Å². The molecule has 64 valence electrons. The van der Waals surface area contributed by atoms with Gasteiger partial charge in [-0.2, -0.15) is 0 Å². The smallest absolute Gasteiger partial charge is 0.0731 e. The number of benzene rings is 1. The van der Waals surface area contributed by atoms with Gasteiger partial charge in [-0.05, 0) is 34.2 Å². The van der Waals surface area contributed by atoms with Crippen LogP contribution in [0.2, 0.25) is 0 Å². The van der Waals surface area contributed by atoms with Crippen molar-refractivity contribution in [3.05, 3.63) is 46.1 Å². The van der Waals surface area contributed by atoms with E-state index in [1.54, 1.807) is 6.08 Å². The highest BCUT2D eigenvalue weighted by Gasteiger charge is 1.96. The molecule has 0 aliphatic heterocycles. The van der Waals surface area contributed by atoms with Gasteiger partial charge in [0.1, 0.15) is 0 Å². The molecule has 0 aliphatic rings. The Bertz CT molecular complexity index is 258. The molecule has 0 aliphatic carbocycles. The van der Waals surface area contributed by atoms with Crippen LogP contribution in [-0.4, -0.2) is 6.61 Å². The fraction of sp³-hybridized carbons (Fsp3) is 0.200. The largest absolute Gasteiger partial charge is 0.373 e. The lowest BCUT2D eigenvalue weighted by Gasteiger charge is -2.03. The summed E-state index contributed by atoms with van der Waals surface area (Å²) in [5, 5.41) is 0. The fourth-order valence-electron chi connectivity index (χ4n) is 0.868. The van der Waals surface area contributed by atoms with Crippen molar-refractivity contribution in [1.82, 2.24) is 0 Å². The first-order valence-corrected chi connectivity index (χ1v) is 4.84. The molecule has 0 aromatic heterocycles. The van der Waals surface area contributed by atoms with Crippen LogP contribution in [0.3, 0.4) is 0 Å². The van der Waals surface area contributed by atoms with E-state index in [4.69, 9.17) is 4.74 Å². The summed E-state index contributed by atoms with van der Waals surface area (Å²) < 4.78 is 6.58. The zero-order valence-corrected chi connectivity index (χ0v) is 8.95. The van der Waals surface area contributed by atoms with Crippen molar-refractivity contribution in [2.75, 3.05) is 6.61 Å². The van der Waals surface area contributed by atoms with Gasteiger partial charge in [0.25, 0.3) is 0 Å². The molecule has 0 fully saturated rings. The van der Waals surface area contributed by atoms with Crippen LogP contribution in [0.5, 0.6) is 0 Å². The average molecular weight is 274 g/mol. The number of ether oxygens (including phenoxy) is 1. The molecule has 1 aromatic carbocycles. The van der Waals surface area contributed by atoms with Gasteiger partial charge in [-0.1, -0.05) is 24.3 Å². The lowest BCUT2D eigenvalue weighted by Crippen LogP contribution is -1.94. The number of rotatable bonds is 4. The highest BCUT2D eigenvalue weighted by atomic mass is 127. The maximum atomic E-state index is 5.33. The number of halogens is 1. The van der Waals surface area contributed by atoms with E-state index in [0.717, 1.165) is 0 Å². The zero-order valence-electron chi connectivity index (χ0n) is 6.79. The van der Waals surface area contributed by atoms with Crippen LogP contribution in [-0.2, 0) is 11.3 Å². The Morgan fingerprint density at radius 1 is 1.42 bits per heavy atom. The van der Waals surface area contributed by atoms with Crippen LogP contribution in [0.4, 0.5) is 0 Å². The monoisotopic (exact) mass is 274 g/mol. The van der Waals surface area contributed by atoms with Crippen molar-refractivity contribution >= 4 is 22.6 Å². The van der Waals surface area contributed by atoms with E-state index < -0.39 is 0 Å². The minimum Gasteiger partial charge on any atom is -0.373 e.